The lowest BCUT2D eigenvalue weighted by molar-refractivity contribution is -0.117. The molecule has 1 aromatic heterocycles. The Labute approximate surface area is 96.6 Å². The molecule has 6 nitrogen and oxygen atoms in total. The van der Waals surface area contributed by atoms with Crippen LogP contribution in [0.3, 0.4) is 0 Å². The third kappa shape index (κ3) is 2.50. The van der Waals surface area contributed by atoms with E-state index in [0.29, 0.717) is 15.6 Å². The van der Waals surface area contributed by atoms with Gasteiger partial charge in [-0.05, 0) is 0 Å². The molecule has 0 bridgehead atoms. The van der Waals surface area contributed by atoms with Crippen LogP contribution in [0.15, 0.2) is 5.38 Å². The van der Waals surface area contributed by atoms with Crippen molar-refractivity contribution in [1.29, 1.82) is 0 Å². The van der Waals surface area contributed by atoms with E-state index in [-0.39, 0.29) is 12.0 Å². The van der Waals surface area contributed by atoms with Crippen molar-refractivity contribution in [2.75, 3.05) is 19.4 Å². The van der Waals surface area contributed by atoms with E-state index in [1.807, 2.05) is 0 Å². The number of thiophene rings is 1. The van der Waals surface area contributed by atoms with Crippen molar-refractivity contribution in [2.45, 2.75) is 6.42 Å². The second-order valence-electron chi connectivity index (χ2n) is 3.17. The van der Waals surface area contributed by atoms with Crippen LogP contribution in [0.2, 0.25) is 0 Å². The molecule has 1 aromatic rings. The van der Waals surface area contributed by atoms with Crippen molar-refractivity contribution in [3.63, 3.8) is 0 Å². The molecule has 0 saturated heterocycles. The smallest absolute Gasteiger partial charge is 0.280 e. The summed E-state index contributed by atoms with van der Waals surface area (Å²) in [7, 11) is 2.89. The Kier molecular flexibility index (Phi) is 3.86. The van der Waals surface area contributed by atoms with Gasteiger partial charge in [0.25, 0.3) is 5.91 Å². The fraction of sp³-hybridized carbons (Fsp3) is 0.333. The van der Waals surface area contributed by atoms with Gasteiger partial charge in [0, 0.05) is 24.4 Å². The molecule has 0 aliphatic rings. The van der Waals surface area contributed by atoms with Gasteiger partial charge in [0.2, 0.25) is 5.91 Å². The Bertz CT molecular complexity index is 414. The average molecular weight is 243 g/mol. The van der Waals surface area contributed by atoms with Gasteiger partial charge in [-0.2, -0.15) is 0 Å². The zero-order chi connectivity index (χ0) is 12.3. The molecule has 16 heavy (non-hydrogen) atoms. The summed E-state index contributed by atoms with van der Waals surface area (Å²) in [5, 5.41) is 14.1. The SMILES string of the molecule is CNc1csc(CC(N)=O)c1C(=O)N(C)O. The van der Waals surface area contributed by atoms with Crippen LogP contribution in [0.4, 0.5) is 5.69 Å². The number of primary amides is 1. The first-order chi connectivity index (χ1) is 7.47. The Morgan fingerprint density at radius 1 is 1.62 bits per heavy atom. The zero-order valence-corrected chi connectivity index (χ0v) is 9.80. The van der Waals surface area contributed by atoms with Gasteiger partial charge in [-0.3, -0.25) is 14.8 Å². The average Bonchev–Trinajstić information content (AvgIpc) is 2.58. The molecule has 1 heterocycles. The minimum Gasteiger partial charge on any atom is -0.387 e. The number of carbonyl (C=O) groups is 2. The van der Waals surface area contributed by atoms with E-state index >= 15 is 0 Å². The highest BCUT2D eigenvalue weighted by molar-refractivity contribution is 7.11. The number of nitrogens with two attached hydrogens (primary N) is 1. The fourth-order valence-corrected chi connectivity index (χ4v) is 2.30. The standard InChI is InChI=1S/C9H13N3O3S/c1-11-5-4-16-6(3-7(10)13)8(5)9(14)12(2)15/h4,11,15H,3H2,1-2H3,(H2,10,13). The molecule has 1 rings (SSSR count). The van der Waals surface area contributed by atoms with Gasteiger partial charge in [0.15, 0.2) is 0 Å². The molecule has 2 amide bonds. The third-order valence-electron chi connectivity index (χ3n) is 1.98. The zero-order valence-electron chi connectivity index (χ0n) is 8.98. The quantitative estimate of drug-likeness (QED) is 0.522. The lowest BCUT2D eigenvalue weighted by Gasteiger charge is -2.10. The molecule has 0 spiro atoms. The normalized spacial score (nSPS) is 9.94. The van der Waals surface area contributed by atoms with Gasteiger partial charge in [0.05, 0.1) is 17.7 Å². The summed E-state index contributed by atoms with van der Waals surface area (Å²) in [6.45, 7) is 0. The number of anilines is 1. The minimum absolute atomic E-state index is 0.0126. The first-order valence-electron chi connectivity index (χ1n) is 4.50. The largest absolute Gasteiger partial charge is 0.387 e. The topological polar surface area (TPSA) is 95.7 Å². The van der Waals surface area contributed by atoms with E-state index in [2.05, 4.69) is 5.32 Å². The van der Waals surface area contributed by atoms with Gasteiger partial charge >= 0.3 is 0 Å². The molecule has 4 N–H and O–H groups in total. The van der Waals surface area contributed by atoms with Crippen LogP contribution in [-0.2, 0) is 11.2 Å². The Morgan fingerprint density at radius 3 is 2.69 bits per heavy atom. The number of hydroxylamine groups is 2. The molecule has 0 atom stereocenters. The molecule has 88 valence electrons. The summed E-state index contributed by atoms with van der Waals surface area (Å²) in [5.74, 6) is -1.08. The molecule has 0 aliphatic carbocycles. The van der Waals surface area contributed by atoms with Crippen LogP contribution < -0.4 is 11.1 Å². The van der Waals surface area contributed by atoms with E-state index in [9.17, 15) is 9.59 Å². The Hall–Kier alpha value is -1.60. The van der Waals surface area contributed by atoms with Crippen molar-refractivity contribution < 1.29 is 14.8 Å². The highest BCUT2D eigenvalue weighted by atomic mass is 32.1. The van der Waals surface area contributed by atoms with Crippen molar-refractivity contribution >= 4 is 28.8 Å². The molecule has 0 saturated carbocycles. The maximum Gasteiger partial charge on any atom is 0.280 e. The van der Waals surface area contributed by atoms with E-state index in [1.165, 1.54) is 18.4 Å². The van der Waals surface area contributed by atoms with Crippen LogP contribution in [0.1, 0.15) is 15.2 Å². The summed E-state index contributed by atoms with van der Waals surface area (Å²) < 4.78 is 0. The van der Waals surface area contributed by atoms with Gasteiger partial charge < -0.3 is 11.1 Å². The first-order valence-corrected chi connectivity index (χ1v) is 5.38. The maximum absolute atomic E-state index is 11.7. The number of amides is 2. The minimum atomic E-state index is -0.568. The van der Waals surface area contributed by atoms with Gasteiger partial charge in [-0.25, -0.2) is 5.06 Å². The van der Waals surface area contributed by atoms with Crippen LogP contribution >= 0.6 is 11.3 Å². The number of hydrogen-bond donors (Lipinski definition) is 3. The first kappa shape index (κ1) is 12.5. The van der Waals surface area contributed by atoms with Crippen molar-refractivity contribution in [1.82, 2.24) is 5.06 Å². The molecule has 7 heteroatoms. The van der Waals surface area contributed by atoms with Gasteiger partial charge in [0.1, 0.15) is 0 Å². The van der Waals surface area contributed by atoms with Crippen molar-refractivity contribution in [3.8, 4) is 0 Å². The summed E-state index contributed by atoms with van der Waals surface area (Å²) in [5.41, 5.74) is 5.94. The number of nitrogens with one attached hydrogen (secondary N) is 1. The lowest BCUT2D eigenvalue weighted by atomic mass is 10.1. The van der Waals surface area contributed by atoms with Gasteiger partial charge in [-0.1, -0.05) is 0 Å². The number of hydrogen-bond acceptors (Lipinski definition) is 5. The summed E-state index contributed by atoms with van der Waals surface area (Å²) in [6.07, 6.45) is -0.0126. The number of carbonyl (C=O) groups excluding carboxylic acids is 2. The van der Waals surface area contributed by atoms with Crippen molar-refractivity contribution in [2.24, 2.45) is 5.73 Å². The van der Waals surface area contributed by atoms with Crippen LogP contribution in [0, 0.1) is 0 Å². The second-order valence-corrected chi connectivity index (χ2v) is 4.13. The molecule has 0 aromatic carbocycles. The van der Waals surface area contributed by atoms with Crippen LogP contribution in [-0.4, -0.2) is 36.2 Å². The van der Waals surface area contributed by atoms with Gasteiger partial charge in [-0.15, -0.1) is 11.3 Å². The highest BCUT2D eigenvalue weighted by Crippen LogP contribution is 2.28. The number of nitrogens with zero attached hydrogens (tertiary/aromatic N) is 1. The lowest BCUT2D eigenvalue weighted by Crippen LogP contribution is -2.25. The van der Waals surface area contributed by atoms with E-state index in [0.717, 1.165) is 0 Å². The molecule has 0 radical (unpaired) electrons. The monoisotopic (exact) mass is 243 g/mol. The maximum atomic E-state index is 11.7. The predicted molar refractivity (Wildman–Crippen MR) is 60.6 cm³/mol. The van der Waals surface area contributed by atoms with Crippen molar-refractivity contribution in [3.05, 3.63) is 15.8 Å². The fourth-order valence-electron chi connectivity index (χ4n) is 1.27. The molecule has 0 fully saturated rings. The van der Waals surface area contributed by atoms with E-state index < -0.39 is 11.8 Å². The third-order valence-corrected chi connectivity index (χ3v) is 2.97. The summed E-state index contributed by atoms with van der Waals surface area (Å²) in [6, 6.07) is 0. The Morgan fingerprint density at radius 2 is 2.25 bits per heavy atom. The highest BCUT2D eigenvalue weighted by Gasteiger charge is 2.21. The number of rotatable bonds is 4. The predicted octanol–water partition coefficient (Wildman–Crippen LogP) is 0.279. The second kappa shape index (κ2) is 4.95. The molecular weight excluding hydrogens is 230 g/mol. The summed E-state index contributed by atoms with van der Waals surface area (Å²) in [4.78, 5) is 23.1. The Balaban J connectivity index is 3.15. The molecular formula is C9H13N3O3S. The van der Waals surface area contributed by atoms with Crippen LogP contribution in [0.5, 0.6) is 0 Å². The van der Waals surface area contributed by atoms with E-state index in [4.69, 9.17) is 10.9 Å². The molecule has 0 aliphatic heterocycles. The van der Waals surface area contributed by atoms with E-state index in [1.54, 1.807) is 12.4 Å². The summed E-state index contributed by atoms with van der Waals surface area (Å²) >= 11 is 1.25. The van der Waals surface area contributed by atoms with Crippen LogP contribution in [0.25, 0.3) is 0 Å². The molecule has 0 unspecified atom stereocenters.